The van der Waals surface area contributed by atoms with Crippen LogP contribution in [0, 0.1) is 0 Å². The van der Waals surface area contributed by atoms with Crippen molar-refractivity contribution in [1.29, 1.82) is 0 Å². The van der Waals surface area contributed by atoms with Gasteiger partial charge in [0.05, 0.1) is 0 Å². The summed E-state index contributed by atoms with van der Waals surface area (Å²) in [5, 5.41) is 2.90. The van der Waals surface area contributed by atoms with Crippen molar-refractivity contribution in [3.63, 3.8) is 0 Å². The zero-order chi connectivity index (χ0) is 16.3. The van der Waals surface area contributed by atoms with E-state index in [0.717, 1.165) is 0 Å². The SMILES string of the molecule is [CH3][Bi]1[N]([Si](C)(C)C)c2cccc3cccc(c23)[N]1[Si](C)(C)C. The summed E-state index contributed by atoms with van der Waals surface area (Å²) in [5.41, 5.74) is 3.06. The van der Waals surface area contributed by atoms with Gasteiger partial charge in [-0.05, 0) is 0 Å². The Balaban J connectivity index is 2.39. The molecule has 1 heterocycles. The molecule has 118 valence electrons. The van der Waals surface area contributed by atoms with Crippen LogP contribution in [0.2, 0.25) is 43.9 Å². The standard InChI is InChI=1S/C16H24N2Si2.CH3.Bi/c1-19(2,3)17-14-11-7-9-13-10-8-12-15(16(13)14)18-20(4,5)6;;/h7-12H,1-6H3;1H3;/q-2;;+2. The normalized spacial score (nSPS) is 16.5. The summed E-state index contributed by atoms with van der Waals surface area (Å²) in [4.78, 5) is 0. The van der Waals surface area contributed by atoms with Crippen LogP contribution >= 0.6 is 0 Å². The van der Waals surface area contributed by atoms with Crippen molar-refractivity contribution in [1.82, 2.24) is 0 Å². The molecule has 0 atom stereocenters. The summed E-state index contributed by atoms with van der Waals surface area (Å²) in [6.45, 7) is 15.0. The van der Waals surface area contributed by atoms with Crippen LogP contribution in [0.4, 0.5) is 11.4 Å². The van der Waals surface area contributed by atoms with Crippen molar-refractivity contribution in [3.05, 3.63) is 36.4 Å². The summed E-state index contributed by atoms with van der Waals surface area (Å²) < 4.78 is 8.48. The molecule has 0 amide bonds. The molecule has 0 saturated carbocycles. The molecular weight excluding hydrogens is 497 g/mol. The molecule has 0 N–H and O–H groups in total. The molecule has 1 aliphatic rings. The third-order valence-corrected chi connectivity index (χ3v) is 32.4. The monoisotopic (exact) mass is 524 g/mol. The Kier molecular flexibility index (Phi) is 3.98. The van der Waals surface area contributed by atoms with Gasteiger partial charge in [-0.1, -0.05) is 0 Å². The first-order valence-electron chi connectivity index (χ1n) is 7.98. The molecule has 1 aliphatic heterocycles. The van der Waals surface area contributed by atoms with Crippen LogP contribution in [0.5, 0.6) is 0 Å². The van der Waals surface area contributed by atoms with E-state index >= 15 is 0 Å². The second-order valence-corrected chi connectivity index (χ2v) is 27.7. The third-order valence-electron chi connectivity index (χ3n) is 4.17. The van der Waals surface area contributed by atoms with Gasteiger partial charge in [-0.3, -0.25) is 0 Å². The van der Waals surface area contributed by atoms with Crippen LogP contribution in [-0.4, -0.2) is 38.8 Å². The molecule has 2 aromatic rings. The predicted molar refractivity (Wildman–Crippen MR) is 107 cm³/mol. The summed E-state index contributed by atoms with van der Waals surface area (Å²) in [6, 6.07) is 13.8. The van der Waals surface area contributed by atoms with Gasteiger partial charge in [0.2, 0.25) is 0 Å². The fourth-order valence-corrected chi connectivity index (χ4v) is 34.2. The van der Waals surface area contributed by atoms with E-state index in [1.54, 1.807) is 0 Å². The second-order valence-electron chi connectivity index (χ2n) is 8.11. The number of anilines is 2. The van der Waals surface area contributed by atoms with E-state index in [1.165, 1.54) is 22.1 Å². The van der Waals surface area contributed by atoms with E-state index in [2.05, 4.69) is 85.3 Å². The van der Waals surface area contributed by atoms with Gasteiger partial charge in [0.25, 0.3) is 0 Å². The topological polar surface area (TPSA) is 6.48 Å². The Morgan fingerprint density at radius 1 is 0.727 bits per heavy atom. The molecule has 0 bridgehead atoms. The van der Waals surface area contributed by atoms with Gasteiger partial charge in [-0.2, -0.15) is 0 Å². The van der Waals surface area contributed by atoms with Gasteiger partial charge in [0.15, 0.2) is 0 Å². The molecule has 2 nitrogen and oxygen atoms in total. The molecule has 0 fully saturated rings. The maximum absolute atomic E-state index is 2.94. The Morgan fingerprint density at radius 3 is 1.50 bits per heavy atom. The molecule has 0 spiro atoms. The summed E-state index contributed by atoms with van der Waals surface area (Å²) in [7, 11) is -2.76. The summed E-state index contributed by atoms with van der Waals surface area (Å²) >= 11 is -1.95. The third kappa shape index (κ3) is 2.55. The van der Waals surface area contributed by atoms with Crippen LogP contribution in [0.1, 0.15) is 0 Å². The van der Waals surface area contributed by atoms with Crippen LogP contribution in [0.25, 0.3) is 10.8 Å². The van der Waals surface area contributed by atoms with Gasteiger partial charge in [-0.15, -0.1) is 0 Å². The van der Waals surface area contributed by atoms with Crippen molar-refractivity contribution in [3.8, 4) is 0 Å². The molecule has 0 unspecified atom stereocenters. The van der Waals surface area contributed by atoms with Crippen molar-refractivity contribution >= 4 is 60.9 Å². The zero-order valence-electron chi connectivity index (χ0n) is 14.8. The molecule has 0 aromatic heterocycles. The first-order chi connectivity index (χ1) is 10.1. The molecule has 0 saturated heterocycles. The van der Waals surface area contributed by atoms with Crippen molar-refractivity contribution < 1.29 is 0 Å². The van der Waals surface area contributed by atoms with E-state index in [0.29, 0.717) is 0 Å². The molecule has 22 heavy (non-hydrogen) atoms. The molecule has 5 heteroatoms. The molecule has 0 aliphatic carbocycles. The second kappa shape index (κ2) is 5.32. The fourth-order valence-electron chi connectivity index (χ4n) is 3.65. The molecule has 0 radical (unpaired) electrons. The summed E-state index contributed by atoms with van der Waals surface area (Å²) in [6.07, 6.45) is 0. The first kappa shape index (κ1) is 16.5. The number of nitrogens with zero attached hydrogens (tertiary/aromatic N) is 2. The van der Waals surface area contributed by atoms with Gasteiger partial charge >= 0.3 is 146 Å². The van der Waals surface area contributed by atoms with Crippen LogP contribution in [-0.2, 0) is 0 Å². The van der Waals surface area contributed by atoms with Crippen LogP contribution < -0.4 is 5.02 Å². The quantitative estimate of drug-likeness (QED) is 0.495. The first-order valence-corrected chi connectivity index (χ1v) is 21.5. The van der Waals surface area contributed by atoms with Gasteiger partial charge < -0.3 is 0 Å². The average Bonchev–Trinajstić information content (AvgIpc) is 2.35. The van der Waals surface area contributed by atoms with Gasteiger partial charge in [0, 0.05) is 0 Å². The van der Waals surface area contributed by atoms with Crippen molar-refractivity contribution in [2.24, 2.45) is 0 Å². The Bertz CT molecular complexity index is 662. The van der Waals surface area contributed by atoms with E-state index < -0.39 is 38.8 Å². The Hall–Kier alpha value is -0.383. The molecular formula is C17H27BiN2Si2. The number of hydrogen-bond acceptors (Lipinski definition) is 2. The maximum atomic E-state index is 2.94. The van der Waals surface area contributed by atoms with Gasteiger partial charge in [0.1, 0.15) is 0 Å². The fraction of sp³-hybridized carbons (Fsp3) is 0.412. The minimum absolute atomic E-state index is 1.38. The van der Waals surface area contributed by atoms with E-state index in [-0.39, 0.29) is 0 Å². The van der Waals surface area contributed by atoms with Crippen LogP contribution in [0.3, 0.4) is 0 Å². The molecule has 2 aromatic carbocycles. The number of hydrogen-bond donors (Lipinski definition) is 0. The van der Waals surface area contributed by atoms with E-state index in [9.17, 15) is 0 Å². The number of benzene rings is 2. The zero-order valence-corrected chi connectivity index (χ0v) is 20.3. The van der Waals surface area contributed by atoms with Crippen molar-refractivity contribution in [2.75, 3.05) is 5.02 Å². The minimum atomic E-state index is -1.95. The van der Waals surface area contributed by atoms with Crippen LogP contribution in [0.15, 0.2) is 36.4 Å². The van der Waals surface area contributed by atoms with Gasteiger partial charge in [-0.25, -0.2) is 0 Å². The van der Waals surface area contributed by atoms with E-state index in [4.69, 9.17) is 0 Å². The average molecular weight is 525 g/mol. The van der Waals surface area contributed by atoms with Crippen molar-refractivity contribution in [2.45, 2.75) is 43.9 Å². The predicted octanol–water partition coefficient (Wildman–Crippen LogP) is 5.25. The number of rotatable bonds is 2. The Morgan fingerprint density at radius 2 is 1.14 bits per heavy atom. The molecule has 3 rings (SSSR count). The van der Waals surface area contributed by atoms with E-state index in [1.807, 2.05) is 0 Å². The Labute approximate surface area is 145 Å². The summed E-state index contributed by atoms with van der Waals surface area (Å²) in [5.74, 6) is 0.